The van der Waals surface area contributed by atoms with E-state index in [1.165, 1.54) is 6.92 Å². The van der Waals surface area contributed by atoms with E-state index in [1.807, 2.05) is 0 Å². The number of halogens is 10. The number of hydrogen-bond donors (Lipinski definition) is 0. The van der Waals surface area contributed by atoms with Crippen molar-refractivity contribution in [2.75, 3.05) is 0 Å². The summed E-state index contributed by atoms with van der Waals surface area (Å²) in [5, 5.41) is 0. The second kappa shape index (κ2) is 6.82. The summed E-state index contributed by atoms with van der Waals surface area (Å²) in [5.74, 6) is -13.5. The zero-order valence-corrected chi connectivity index (χ0v) is 11.8. The van der Waals surface area contributed by atoms with Crippen LogP contribution in [0.2, 0.25) is 0 Å². The third-order valence-corrected chi connectivity index (χ3v) is 3.39. The Morgan fingerprint density at radius 3 is 1.36 bits per heavy atom. The predicted molar refractivity (Wildman–Crippen MR) is 58.8 cm³/mol. The molecule has 0 aromatic rings. The van der Waals surface area contributed by atoms with E-state index in [2.05, 4.69) is 0 Å². The van der Waals surface area contributed by atoms with E-state index >= 15 is 0 Å². The van der Waals surface area contributed by atoms with E-state index < -0.39 is 48.9 Å². The van der Waals surface area contributed by atoms with E-state index in [0.29, 0.717) is 0 Å². The first-order valence-corrected chi connectivity index (χ1v) is 6.44. The number of hydrogen-bond acceptors (Lipinski definition) is 0. The van der Waals surface area contributed by atoms with Crippen molar-refractivity contribution >= 4 is 0 Å². The second-order valence-corrected chi connectivity index (χ2v) is 5.34. The minimum atomic E-state index is -5.87. The minimum Gasteiger partial charge on any atom is -0.196 e. The lowest BCUT2D eigenvalue weighted by atomic mass is 9.81. The van der Waals surface area contributed by atoms with Crippen molar-refractivity contribution in [2.45, 2.75) is 63.7 Å². The lowest BCUT2D eigenvalue weighted by molar-refractivity contribution is -0.296. The predicted octanol–water partition coefficient (Wildman–Crippen LogP) is 6.21. The van der Waals surface area contributed by atoms with Crippen LogP contribution < -0.4 is 0 Å². The van der Waals surface area contributed by atoms with Crippen molar-refractivity contribution in [3.63, 3.8) is 0 Å². The molecule has 10 heteroatoms. The molecular weight excluding hydrogens is 334 g/mol. The fourth-order valence-corrected chi connectivity index (χ4v) is 2.09. The van der Waals surface area contributed by atoms with Crippen LogP contribution in [-0.2, 0) is 0 Å². The largest absolute Gasteiger partial charge is 0.453 e. The molecule has 22 heavy (non-hydrogen) atoms. The molecule has 2 atom stereocenters. The molecule has 0 saturated heterocycles. The van der Waals surface area contributed by atoms with Crippen molar-refractivity contribution in [2.24, 2.45) is 11.8 Å². The van der Waals surface area contributed by atoms with Gasteiger partial charge in [0.1, 0.15) is 0 Å². The standard InChI is InChI=1S/C12H16F10/c1-3-4-8(6-10(15,16)12(20,21)22)7(2)5-9(13,14)11(17,18)19/h7-8H,3-6H2,1-2H3. The summed E-state index contributed by atoms with van der Waals surface area (Å²) in [5.41, 5.74) is 0. The first-order valence-electron chi connectivity index (χ1n) is 6.44. The Hall–Kier alpha value is -0.700. The Morgan fingerprint density at radius 2 is 1.05 bits per heavy atom. The van der Waals surface area contributed by atoms with Gasteiger partial charge < -0.3 is 0 Å². The van der Waals surface area contributed by atoms with Gasteiger partial charge in [-0.2, -0.15) is 43.9 Å². The van der Waals surface area contributed by atoms with E-state index in [1.54, 1.807) is 0 Å². The molecule has 0 amide bonds. The summed E-state index contributed by atoms with van der Waals surface area (Å²) in [6, 6.07) is 0. The summed E-state index contributed by atoms with van der Waals surface area (Å²) in [7, 11) is 0. The van der Waals surface area contributed by atoms with Crippen LogP contribution in [0.15, 0.2) is 0 Å². The highest BCUT2D eigenvalue weighted by molar-refractivity contribution is 4.85. The molecule has 0 aromatic heterocycles. The third-order valence-electron chi connectivity index (χ3n) is 3.39. The summed E-state index contributed by atoms with van der Waals surface area (Å²) in [6.45, 7) is 2.24. The van der Waals surface area contributed by atoms with Gasteiger partial charge in [-0.15, -0.1) is 0 Å². The molecule has 0 spiro atoms. The van der Waals surface area contributed by atoms with Crippen LogP contribution in [0, 0.1) is 11.8 Å². The van der Waals surface area contributed by atoms with Gasteiger partial charge in [0.15, 0.2) is 0 Å². The van der Waals surface area contributed by atoms with E-state index in [4.69, 9.17) is 0 Å². The molecule has 0 bridgehead atoms. The monoisotopic (exact) mass is 350 g/mol. The molecule has 0 aromatic carbocycles. The molecular formula is C12H16F10. The van der Waals surface area contributed by atoms with Gasteiger partial charge in [-0.05, 0) is 11.8 Å². The van der Waals surface area contributed by atoms with Crippen LogP contribution in [0.3, 0.4) is 0 Å². The molecule has 0 radical (unpaired) electrons. The fraction of sp³-hybridized carbons (Fsp3) is 1.00. The van der Waals surface area contributed by atoms with E-state index in [0.717, 1.165) is 6.92 Å². The number of alkyl halides is 10. The fourth-order valence-electron chi connectivity index (χ4n) is 2.09. The zero-order valence-electron chi connectivity index (χ0n) is 11.8. The van der Waals surface area contributed by atoms with Crippen LogP contribution in [0.1, 0.15) is 39.5 Å². The van der Waals surface area contributed by atoms with Gasteiger partial charge in [0, 0.05) is 12.8 Å². The van der Waals surface area contributed by atoms with Gasteiger partial charge in [-0.1, -0.05) is 26.7 Å². The Labute approximate surface area is 120 Å². The molecule has 0 heterocycles. The van der Waals surface area contributed by atoms with Gasteiger partial charge in [-0.3, -0.25) is 0 Å². The van der Waals surface area contributed by atoms with Gasteiger partial charge >= 0.3 is 24.2 Å². The van der Waals surface area contributed by atoms with Crippen LogP contribution >= 0.6 is 0 Å². The normalized spacial score (nSPS) is 17.5. The smallest absolute Gasteiger partial charge is 0.196 e. The molecule has 0 saturated carbocycles. The number of rotatable bonds is 7. The Balaban J connectivity index is 5.11. The molecule has 0 rings (SSSR count). The first kappa shape index (κ1) is 21.3. The highest BCUT2D eigenvalue weighted by atomic mass is 19.4. The molecule has 0 aliphatic rings. The maximum atomic E-state index is 13.0. The van der Waals surface area contributed by atoms with Crippen molar-refractivity contribution in [1.82, 2.24) is 0 Å². The molecule has 0 N–H and O–H groups in total. The topological polar surface area (TPSA) is 0 Å². The maximum absolute atomic E-state index is 13.0. The van der Waals surface area contributed by atoms with Gasteiger partial charge in [0.25, 0.3) is 0 Å². The lowest BCUT2D eigenvalue weighted by Gasteiger charge is -2.31. The molecule has 2 unspecified atom stereocenters. The highest BCUT2D eigenvalue weighted by Gasteiger charge is 2.60. The maximum Gasteiger partial charge on any atom is 0.453 e. The quantitative estimate of drug-likeness (QED) is 0.479. The molecule has 0 aliphatic carbocycles. The Morgan fingerprint density at radius 1 is 0.682 bits per heavy atom. The summed E-state index contributed by atoms with van der Waals surface area (Å²) in [4.78, 5) is 0. The SMILES string of the molecule is CCCC(CC(F)(F)C(F)(F)F)C(C)CC(F)(F)C(F)(F)F. The average Bonchev–Trinajstić information content (AvgIpc) is 2.24. The Kier molecular flexibility index (Phi) is 6.60. The molecule has 134 valence electrons. The second-order valence-electron chi connectivity index (χ2n) is 5.34. The summed E-state index contributed by atoms with van der Waals surface area (Å²) < 4.78 is 125. The van der Waals surface area contributed by atoms with Gasteiger partial charge in [-0.25, -0.2) is 0 Å². The van der Waals surface area contributed by atoms with Crippen LogP contribution in [0.5, 0.6) is 0 Å². The van der Waals surface area contributed by atoms with Crippen molar-refractivity contribution in [3.8, 4) is 0 Å². The molecule has 0 nitrogen and oxygen atoms in total. The van der Waals surface area contributed by atoms with E-state index in [9.17, 15) is 43.9 Å². The third kappa shape index (κ3) is 5.49. The lowest BCUT2D eigenvalue weighted by Crippen LogP contribution is -2.42. The van der Waals surface area contributed by atoms with Crippen LogP contribution in [0.25, 0.3) is 0 Å². The van der Waals surface area contributed by atoms with Gasteiger partial charge in [0.2, 0.25) is 0 Å². The zero-order chi connectivity index (χ0) is 18.0. The van der Waals surface area contributed by atoms with E-state index in [-0.39, 0.29) is 12.8 Å². The molecule has 0 fully saturated rings. The van der Waals surface area contributed by atoms with Gasteiger partial charge in [0.05, 0.1) is 0 Å². The Bertz CT molecular complexity index is 341. The van der Waals surface area contributed by atoms with Crippen molar-refractivity contribution < 1.29 is 43.9 Å². The van der Waals surface area contributed by atoms with Crippen molar-refractivity contribution in [1.29, 1.82) is 0 Å². The molecule has 0 aliphatic heterocycles. The highest BCUT2D eigenvalue weighted by Crippen LogP contribution is 2.46. The summed E-state index contributed by atoms with van der Waals surface area (Å²) in [6.07, 6.45) is -15.6. The minimum absolute atomic E-state index is 0.0839. The van der Waals surface area contributed by atoms with Crippen molar-refractivity contribution in [3.05, 3.63) is 0 Å². The first-order chi connectivity index (χ1) is 9.55. The van der Waals surface area contributed by atoms with Crippen LogP contribution in [-0.4, -0.2) is 24.2 Å². The average molecular weight is 350 g/mol. The van der Waals surface area contributed by atoms with Crippen LogP contribution in [0.4, 0.5) is 43.9 Å². The summed E-state index contributed by atoms with van der Waals surface area (Å²) >= 11 is 0.